The molecule has 142 valence electrons. The lowest BCUT2D eigenvalue weighted by Crippen LogP contribution is -2.43. The van der Waals surface area contributed by atoms with Gasteiger partial charge in [-0.3, -0.25) is 0 Å². The van der Waals surface area contributed by atoms with Crippen LogP contribution in [0.15, 0.2) is 28.0 Å². The second-order valence-corrected chi connectivity index (χ2v) is 10.0. The fourth-order valence-corrected chi connectivity index (χ4v) is 6.13. The Labute approximate surface area is 155 Å². The van der Waals surface area contributed by atoms with Crippen LogP contribution in [0.4, 0.5) is 0 Å². The second kappa shape index (κ2) is 7.50. The Hall–Kier alpha value is -0.710. The molecule has 0 bridgehead atoms. The third-order valence-electron chi connectivity index (χ3n) is 4.58. The molecule has 10 heteroatoms. The Morgan fingerprint density at radius 3 is 2.28 bits per heavy atom. The van der Waals surface area contributed by atoms with E-state index in [0.29, 0.717) is 12.1 Å². The summed E-state index contributed by atoms with van der Waals surface area (Å²) in [5.74, 6) is 0. The SMILES string of the molecule is CNS(=O)(=O)c1ccc(S(=O)(=O)N(C2CC2)C2CCNC2)cc1C.Cl. The predicted molar refractivity (Wildman–Crippen MR) is 98.0 cm³/mol. The van der Waals surface area contributed by atoms with Crippen molar-refractivity contribution in [2.45, 2.75) is 48.1 Å². The molecule has 0 spiro atoms. The minimum atomic E-state index is -3.63. The molecule has 2 aliphatic rings. The van der Waals surface area contributed by atoms with E-state index in [1.165, 1.54) is 25.2 Å². The Bertz CT molecular complexity index is 832. The zero-order valence-electron chi connectivity index (χ0n) is 14.2. The summed E-state index contributed by atoms with van der Waals surface area (Å²) in [4.78, 5) is 0.262. The van der Waals surface area contributed by atoms with Crippen molar-refractivity contribution in [3.63, 3.8) is 0 Å². The maximum Gasteiger partial charge on any atom is 0.243 e. The smallest absolute Gasteiger partial charge is 0.243 e. The van der Waals surface area contributed by atoms with Crippen LogP contribution in [0.1, 0.15) is 24.8 Å². The topological polar surface area (TPSA) is 95.6 Å². The fraction of sp³-hybridized carbons (Fsp3) is 0.600. The first kappa shape index (κ1) is 20.6. The molecule has 2 fully saturated rings. The van der Waals surface area contributed by atoms with Crippen molar-refractivity contribution in [3.05, 3.63) is 23.8 Å². The first-order valence-electron chi connectivity index (χ1n) is 8.06. The van der Waals surface area contributed by atoms with E-state index in [9.17, 15) is 16.8 Å². The number of benzene rings is 1. The van der Waals surface area contributed by atoms with E-state index in [1.807, 2.05) is 0 Å². The highest BCUT2D eigenvalue weighted by Crippen LogP contribution is 2.35. The molecule has 1 aromatic carbocycles. The van der Waals surface area contributed by atoms with Crippen molar-refractivity contribution in [3.8, 4) is 0 Å². The maximum atomic E-state index is 13.1. The van der Waals surface area contributed by atoms with Crippen LogP contribution >= 0.6 is 12.4 Å². The number of aryl methyl sites for hydroxylation is 1. The van der Waals surface area contributed by atoms with Crippen molar-refractivity contribution < 1.29 is 16.8 Å². The molecule has 1 saturated heterocycles. The van der Waals surface area contributed by atoms with E-state index in [2.05, 4.69) is 10.0 Å². The lowest BCUT2D eigenvalue weighted by Gasteiger charge is -2.27. The fourth-order valence-electron chi connectivity index (χ4n) is 3.19. The summed E-state index contributed by atoms with van der Waals surface area (Å²) in [6.07, 6.45) is 2.59. The van der Waals surface area contributed by atoms with Crippen molar-refractivity contribution in [2.24, 2.45) is 0 Å². The van der Waals surface area contributed by atoms with E-state index >= 15 is 0 Å². The summed E-state index contributed by atoms with van der Waals surface area (Å²) < 4.78 is 54.1. The zero-order valence-corrected chi connectivity index (χ0v) is 16.7. The van der Waals surface area contributed by atoms with Crippen LogP contribution in [0, 0.1) is 6.92 Å². The largest absolute Gasteiger partial charge is 0.315 e. The standard InChI is InChI=1S/C15H23N3O4S2.ClH/c1-11-9-14(5-6-15(11)23(19,20)16-2)24(21,22)18(12-3-4-12)13-7-8-17-10-13;/h5-6,9,12-13,16-17H,3-4,7-8,10H2,1-2H3;1H. The number of halogens is 1. The van der Waals surface area contributed by atoms with Crippen molar-refractivity contribution in [1.29, 1.82) is 0 Å². The van der Waals surface area contributed by atoms with Gasteiger partial charge >= 0.3 is 0 Å². The average molecular weight is 410 g/mol. The third-order valence-corrected chi connectivity index (χ3v) is 8.16. The molecule has 1 aromatic rings. The molecular weight excluding hydrogens is 386 g/mol. The van der Waals surface area contributed by atoms with Crippen molar-refractivity contribution in [1.82, 2.24) is 14.3 Å². The van der Waals surface area contributed by atoms with Crippen LogP contribution < -0.4 is 10.0 Å². The van der Waals surface area contributed by atoms with Crippen LogP contribution in [0.3, 0.4) is 0 Å². The Morgan fingerprint density at radius 2 is 1.80 bits per heavy atom. The summed E-state index contributed by atoms with van der Waals surface area (Å²) in [7, 11) is -5.90. The molecular formula is C15H24ClN3O4S2. The van der Waals surface area contributed by atoms with E-state index < -0.39 is 20.0 Å². The molecule has 1 aliphatic carbocycles. The van der Waals surface area contributed by atoms with Gasteiger partial charge in [-0.1, -0.05) is 0 Å². The summed E-state index contributed by atoms with van der Waals surface area (Å²) in [5, 5.41) is 3.21. The molecule has 1 aliphatic heterocycles. The number of hydrogen-bond donors (Lipinski definition) is 2. The minimum absolute atomic E-state index is 0. The summed E-state index contributed by atoms with van der Waals surface area (Å²) in [6.45, 7) is 3.10. The molecule has 0 amide bonds. The van der Waals surface area contributed by atoms with Crippen molar-refractivity contribution >= 4 is 32.5 Å². The minimum Gasteiger partial charge on any atom is -0.315 e. The van der Waals surface area contributed by atoms with Gasteiger partial charge in [-0.05, 0) is 63.5 Å². The van der Waals surface area contributed by atoms with Gasteiger partial charge in [0.1, 0.15) is 0 Å². The molecule has 7 nitrogen and oxygen atoms in total. The Morgan fingerprint density at radius 1 is 1.12 bits per heavy atom. The van der Waals surface area contributed by atoms with Crippen LogP contribution in [0.2, 0.25) is 0 Å². The summed E-state index contributed by atoms with van der Waals surface area (Å²) in [6, 6.07) is 4.26. The van der Waals surface area contributed by atoms with Crippen LogP contribution in [0.5, 0.6) is 0 Å². The van der Waals surface area contributed by atoms with Gasteiger partial charge in [0, 0.05) is 18.6 Å². The number of nitrogens with zero attached hydrogens (tertiary/aromatic N) is 1. The Balaban J connectivity index is 0.00000225. The molecule has 1 atom stereocenters. The maximum absolute atomic E-state index is 13.1. The lowest BCUT2D eigenvalue weighted by molar-refractivity contribution is 0.327. The summed E-state index contributed by atoms with van der Waals surface area (Å²) in [5.41, 5.74) is 0.422. The monoisotopic (exact) mass is 409 g/mol. The number of hydrogen-bond acceptors (Lipinski definition) is 5. The van der Waals surface area contributed by atoms with E-state index in [-0.39, 0.29) is 34.3 Å². The number of sulfonamides is 2. The van der Waals surface area contributed by atoms with Crippen LogP contribution in [-0.2, 0) is 20.0 Å². The quantitative estimate of drug-likeness (QED) is 0.725. The van der Waals surface area contributed by atoms with Gasteiger partial charge in [0.15, 0.2) is 0 Å². The number of nitrogens with one attached hydrogen (secondary N) is 2. The molecule has 1 saturated carbocycles. The van der Waals surface area contributed by atoms with Crippen LogP contribution in [-0.4, -0.2) is 53.4 Å². The first-order chi connectivity index (χ1) is 11.3. The van der Waals surface area contributed by atoms with Gasteiger partial charge in [0.2, 0.25) is 20.0 Å². The average Bonchev–Trinajstić information content (AvgIpc) is 3.20. The van der Waals surface area contributed by atoms with E-state index in [0.717, 1.165) is 25.8 Å². The number of rotatable bonds is 6. The van der Waals surface area contributed by atoms with Gasteiger partial charge in [-0.15, -0.1) is 12.4 Å². The molecule has 0 aromatic heterocycles. The van der Waals surface area contributed by atoms with Crippen LogP contribution in [0.25, 0.3) is 0 Å². The van der Waals surface area contributed by atoms with Gasteiger partial charge in [0.25, 0.3) is 0 Å². The highest BCUT2D eigenvalue weighted by atomic mass is 35.5. The Kier molecular flexibility index (Phi) is 6.18. The normalized spacial score (nSPS) is 21.3. The van der Waals surface area contributed by atoms with Gasteiger partial charge in [-0.25, -0.2) is 21.6 Å². The molecule has 0 radical (unpaired) electrons. The summed E-state index contributed by atoms with van der Waals surface area (Å²) >= 11 is 0. The highest BCUT2D eigenvalue weighted by Gasteiger charge is 2.43. The van der Waals surface area contributed by atoms with Crippen molar-refractivity contribution in [2.75, 3.05) is 20.1 Å². The highest BCUT2D eigenvalue weighted by molar-refractivity contribution is 7.89. The zero-order chi connectivity index (χ0) is 17.5. The van der Waals surface area contributed by atoms with Gasteiger partial charge in [0.05, 0.1) is 9.79 Å². The molecule has 2 N–H and O–H groups in total. The predicted octanol–water partition coefficient (Wildman–Crippen LogP) is 0.840. The molecule has 1 heterocycles. The van der Waals surface area contributed by atoms with Gasteiger partial charge in [-0.2, -0.15) is 4.31 Å². The lowest BCUT2D eigenvalue weighted by atomic mass is 10.2. The molecule has 25 heavy (non-hydrogen) atoms. The van der Waals surface area contributed by atoms with E-state index in [4.69, 9.17) is 0 Å². The molecule has 3 rings (SSSR count). The van der Waals surface area contributed by atoms with E-state index in [1.54, 1.807) is 11.2 Å². The third kappa shape index (κ3) is 4.01. The molecule has 1 unspecified atom stereocenters. The first-order valence-corrected chi connectivity index (χ1v) is 11.0. The van der Waals surface area contributed by atoms with Gasteiger partial charge < -0.3 is 5.32 Å². The second-order valence-electron chi connectivity index (χ2n) is 6.35.